The third kappa shape index (κ3) is 4.63. The van der Waals surface area contributed by atoms with Crippen molar-refractivity contribution in [2.24, 2.45) is 5.92 Å². The Balaban J connectivity index is 1.78. The second-order valence-electron chi connectivity index (χ2n) is 7.96. The quantitative estimate of drug-likeness (QED) is 0.410. The van der Waals surface area contributed by atoms with Gasteiger partial charge in [0.25, 0.3) is 0 Å². The Labute approximate surface area is 179 Å². The van der Waals surface area contributed by atoms with E-state index in [4.69, 9.17) is 2.69 Å². The van der Waals surface area contributed by atoms with E-state index in [9.17, 15) is 4.79 Å². The van der Waals surface area contributed by atoms with Crippen LogP contribution >= 0.6 is 0 Å². The fourth-order valence-corrected chi connectivity index (χ4v) is 19.2. The van der Waals surface area contributed by atoms with E-state index in [1.807, 2.05) is 18.2 Å². The molecule has 4 rings (SSSR count). The van der Waals surface area contributed by atoms with Crippen LogP contribution < -0.4 is 9.37 Å². The molecule has 0 unspecified atom stereocenters. The zero-order valence-electron chi connectivity index (χ0n) is 16.8. The zero-order chi connectivity index (χ0) is 19.9. The van der Waals surface area contributed by atoms with Gasteiger partial charge in [0.05, 0.1) is 0 Å². The third-order valence-electron chi connectivity index (χ3n) is 5.99. The van der Waals surface area contributed by atoms with Crippen LogP contribution in [0, 0.1) is 5.92 Å². The Hall–Kier alpha value is -1.95. The van der Waals surface area contributed by atoms with Gasteiger partial charge in [0.15, 0.2) is 0 Å². The molecule has 0 N–H and O–H groups in total. The van der Waals surface area contributed by atoms with Gasteiger partial charge in [-0.1, -0.05) is 0 Å². The first-order valence-electron chi connectivity index (χ1n) is 10.7. The fraction of sp³-hybridized carbons (Fsp3) is 0.269. The van der Waals surface area contributed by atoms with Crippen LogP contribution in [0.25, 0.3) is 0 Å². The van der Waals surface area contributed by atoms with E-state index >= 15 is 0 Å². The van der Waals surface area contributed by atoms with Crippen LogP contribution in [0.4, 0.5) is 0 Å². The molecule has 0 bridgehead atoms. The normalized spacial score (nSPS) is 15.0. The third-order valence-corrected chi connectivity index (χ3v) is 21.4. The maximum atomic E-state index is 13.3. The molecule has 0 saturated heterocycles. The van der Waals surface area contributed by atoms with Crippen molar-refractivity contribution in [2.45, 2.75) is 38.5 Å². The predicted octanol–water partition coefficient (Wildman–Crippen LogP) is 4.17. The number of rotatable bonds is 6. The second-order valence-corrected chi connectivity index (χ2v) is 20.8. The van der Waals surface area contributed by atoms with E-state index in [0.29, 0.717) is 12.3 Å². The number of carbonyl (C=O) groups excluding carboxylic acids is 1. The van der Waals surface area contributed by atoms with Crippen LogP contribution in [0.5, 0.6) is 0 Å². The Morgan fingerprint density at radius 2 is 1.10 bits per heavy atom. The molecule has 3 aromatic rings. The van der Waals surface area contributed by atoms with E-state index < -0.39 is 21.6 Å². The monoisotopic (exact) mass is 580 g/mol. The molecule has 3 heteroatoms. The Morgan fingerprint density at radius 1 is 0.690 bits per heavy atom. The van der Waals surface area contributed by atoms with Gasteiger partial charge in [0, 0.05) is 0 Å². The molecule has 1 fully saturated rings. The van der Waals surface area contributed by atoms with Gasteiger partial charge in [0.1, 0.15) is 0 Å². The molecule has 0 radical (unpaired) electrons. The molecule has 1 aliphatic carbocycles. The molecule has 3 aromatic carbocycles. The molecule has 0 aliphatic heterocycles. The van der Waals surface area contributed by atoms with E-state index in [0.717, 1.165) is 12.8 Å². The Morgan fingerprint density at radius 3 is 1.52 bits per heavy atom. The minimum atomic E-state index is -4.10. The Bertz CT molecular complexity index is 807. The predicted molar refractivity (Wildman–Crippen MR) is 121 cm³/mol. The average molecular weight is 580 g/mol. The van der Waals surface area contributed by atoms with E-state index in [1.165, 1.54) is 28.6 Å². The van der Waals surface area contributed by atoms with Gasteiger partial charge in [0.2, 0.25) is 0 Å². The van der Waals surface area contributed by atoms with E-state index in [-0.39, 0.29) is 5.97 Å². The van der Waals surface area contributed by atoms with Crippen LogP contribution in [0.15, 0.2) is 91.0 Å². The van der Waals surface area contributed by atoms with Gasteiger partial charge in [-0.05, 0) is 0 Å². The van der Waals surface area contributed by atoms with Crippen molar-refractivity contribution in [1.29, 1.82) is 0 Å². The molecule has 0 heterocycles. The standard InChI is InChI=1S/C8H14O2.3C6H5.Pb/c9-8(10)6-7-4-2-1-3-5-7;3*1-2-4-6-5-3-1;/h7H,1-6H2,(H,9,10);3*1-5H;/q;;;;+1/p-1. The van der Waals surface area contributed by atoms with Crippen LogP contribution in [-0.4, -0.2) is 27.6 Å². The van der Waals surface area contributed by atoms with Gasteiger partial charge in [-0.15, -0.1) is 0 Å². The van der Waals surface area contributed by atoms with E-state index in [2.05, 4.69) is 72.8 Å². The van der Waals surface area contributed by atoms with Crippen LogP contribution in [0.2, 0.25) is 0 Å². The molecule has 1 saturated carbocycles. The summed E-state index contributed by atoms with van der Waals surface area (Å²) in [6.07, 6.45) is 6.64. The van der Waals surface area contributed by atoms with Crippen molar-refractivity contribution >= 4 is 37.0 Å². The molecule has 148 valence electrons. The second kappa shape index (κ2) is 9.70. The van der Waals surface area contributed by atoms with Crippen LogP contribution in [-0.2, 0) is 7.48 Å². The van der Waals surface area contributed by atoms with Crippen LogP contribution in [0.3, 0.4) is 0 Å². The summed E-state index contributed by atoms with van der Waals surface area (Å²) in [6.45, 7) is 0. The van der Waals surface area contributed by atoms with E-state index in [1.54, 1.807) is 0 Å². The summed E-state index contributed by atoms with van der Waals surface area (Å²) in [5.41, 5.74) is 0. The summed E-state index contributed by atoms with van der Waals surface area (Å²) >= 11 is -4.10. The average Bonchev–Trinajstić information content (AvgIpc) is 2.80. The molecule has 0 spiro atoms. The van der Waals surface area contributed by atoms with Gasteiger partial charge in [-0.3, -0.25) is 0 Å². The molecule has 29 heavy (non-hydrogen) atoms. The topological polar surface area (TPSA) is 26.3 Å². The van der Waals surface area contributed by atoms with Crippen molar-refractivity contribution in [3.8, 4) is 0 Å². The van der Waals surface area contributed by atoms with Gasteiger partial charge >= 0.3 is 180 Å². The number of carbonyl (C=O) groups is 1. The maximum absolute atomic E-state index is 13.3. The summed E-state index contributed by atoms with van der Waals surface area (Å²) in [7, 11) is 0. The molecular formula is C26H28O2Pb. The van der Waals surface area contributed by atoms with Crippen LogP contribution in [0.1, 0.15) is 38.5 Å². The molecule has 1 aliphatic rings. The van der Waals surface area contributed by atoms with Gasteiger partial charge in [-0.2, -0.15) is 0 Å². The zero-order valence-corrected chi connectivity index (χ0v) is 20.7. The van der Waals surface area contributed by atoms with Crippen molar-refractivity contribution in [1.82, 2.24) is 0 Å². The van der Waals surface area contributed by atoms with Crippen molar-refractivity contribution in [2.75, 3.05) is 0 Å². The van der Waals surface area contributed by atoms with Crippen molar-refractivity contribution in [3.63, 3.8) is 0 Å². The summed E-state index contributed by atoms with van der Waals surface area (Å²) in [4.78, 5) is 13.3. The Kier molecular flexibility index (Phi) is 6.80. The molecule has 0 aromatic heterocycles. The fourth-order valence-electron chi connectivity index (χ4n) is 4.53. The number of hydrogen-bond acceptors (Lipinski definition) is 2. The first kappa shape index (κ1) is 20.3. The number of hydrogen-bond donors (Lipinski definition) is 0. The minimum absolute atomic E-state index is 0.0184. The van der Waals surface area contributed by atoms with Crippen molar-refractivity contribution < 1.29 is 7.48 Å². The summed E-state index contributed by atoms with van der Waals surface area (Å²) in [5, 5.41) is 0. The van der Waals surface area contributed by atoms with Gasteiger partial charge < -0.3 is 0 Å². The first-order chi connectivity index (χ1) is 14.3. The van der Waals surface area contributed by atoms with Crippen molar-refractivity contribution in [3.05, 3.63) is 91.0 Å². The molecular weight excluding hydrogens is 551 g/mol. The molecule has 0 atom stereocenters. The first-order valence-corrected chi connectivity index (χ1v) is 18.1. The summed E-state index contributed by atoms with van der Waals surface area (Å²) < 4.78 is 10.3. The summed E-state index contributed by atoms with van der Waals surface area (Å²) in [6, 6.07) is 31.3. The number of benzene rings is 3. The SMILES string of the molecule is O=C(CC1CCCCC1)[O][Pb]([c]1ccccc1)([c]1ccccc1)[c]1ccccc1. The molecule has 0 amide bonds. The van der Waals surface area contributed by atoms with Gasteiger partial charge in [-0.25, -0.2) is 0 Å². The molecule has 2 nitrogen and oxygen atoms in total. The summed E-state index contributed by atoms with van der Waals surface area (Å²) in [5.74, 6) is 0.458.